The van der Waals surface area contributed by atoms with E-state index in [0.717, 1.165) is 51.4 Å². The molecule has 0 aromatic rings. The SMILES string of the molecule is CCCCC(CC)CN(CC(CC)CCCC)S(=O)(=O)C(C#N)C#N.[H-].[K+]. The van der Waals surface area contributed by atoms with Crippen LogP contribution in [-0.4, -0.2) is 31.1 Å². The Balaban J connectivity index is -0.00000288. The van der Waals surface area contributed by atoms with Gasteiger partial charge in [-0.2, -0.15) is 14.8 Å². The van der Waals surface area contributed by atoms with Crippen LogP contribution in [-0.2, 0) is 10.0 Å². The maximum atomic E-state index is 12.8. The molecule has 146 valence electrons. The molecular weight excluding hydrogens is 373 g/mol. The molecule has 26 heavy (non-hydrogen) atoms. The van der Waals surface area contributed by atoms with Gasteiger partial charge in [0.2, 0.25) is 15.3 Å². The fourth-order valence-corrected chi connectivity index (χ4v) is 4.41. The second-order valence-corrected chi connectivity index (χ2v) is 8.85. The molecule has 7 heteroatoms. The zero-order valence-corrected chi connectivity index (χ0v) is 21.3. The maximum absolute atomic E-state index is 12.8. The Morgan fingerprint density at radius 3 is 1.54 bits per heavy atom. The summed E-state index contributed by atoms with van der Waals surface area (Å²) in [5.74, 6) is 0.549. The quantitative estimate of drug-likeness (QED) is 0.408. The summed E-state index contributed by atoms with van der Waals surface area (Å²) in [5, 5.41) is 16.6. The van der Waals surface area contributed by atoms with E-state index < -0.39 is 15.3 Å². The van der Waals surface area contributed by atoms with Crippen LogP contribution in [0.15, 0.2) is 0 Å². The summed E-state index contributed by atoms with van der Waals surface area (Å²) >= 11 is 0. The third-order valence-corrected chi connectivity index (χ3v) is 6.73. The Labute approximate surface area is 205 Å². The summed E-state index contributed by atoms with van der Waals surface area (Å²) in [5.41, 5.74) is 0. The normalized spacial score (nSPS) is 13.7. The largest absolute Gasteiger partial charge is 1.00 e. The van der Waals surface area contributed by atoms with Crippen LogP contribution in [0.4, 0.5) is 0 Å². The van der Waals surface area contributed by atoms with Gasteiger partial charge in [-0.25, -0.2) is 8.42 Å². The van der Waals surface area contributed by atoms with Gasteiger partial charge in [0.15, 0.2) is 0 Å². The van der Waals surface area contributed by atoms with Crippen LogP contribution in [0.5, 0.6) is 0 Å². The predicted octanol–water partition coefficient (Wildman–Crippen LogP) is 1.58. The average Bonchev–Trinajstić information content (AvgIpc) is 2.61. The van der Waals surface area contributed by atoms with Gasteiger partial charge in [-0.1, -0.05) is 66.2 Å². The summed E-state index contributed by atoms with van der Waals surface area (Å²) in [7, 11) is -3.91. The van der Waals surface area contributed by atoms with Crippen molar-refractivity contribution in [3.8, 4) is 12.1 Å². The van der Waals surface area contributed by atoms with E-state index in [-0.39, 0.29) is 64.6 Å². The van der Waals surface area contributed by atoms with Gasteiger partial charge < -0.3 is 1.43 Å². The second-order valence-electron chi connectivity index (χ2n) is 6.83. The van der Waals surface area contributed by atoms with E-state index in [0.29, 0.717) is 13.1 Å². The van der Waals surface area contributed by atoms with E-state index in [9.17, 15) is 8.42 Å². The topological polar surface area (TPSA) is 85.0 Å². The third-order valence-electron chi connectivity index (χ3n) is 4.90. The van der Waals surface area contributed by atoms with Crippen molar-refractivity contribution in [1.82, 2.24) is 4.31 Å². The van der Waals surface area contributed by atoms with Gasteiger partial charge in [0.1, 0.15) is 0 Å². The van der Waals surface area contributed by atoms with E-state index in [1.165, 1.54) is 4.31 Å². The summed E-state index contributed by atoms with van der Waals surface area (Å²) in [4.78, 5) is 0. The fraction of sp³-hybridized carbons (Fsp3) is 0.895. The summed E-state index contributed by atoms with van der Waals surface area (Å²) < 4.78 is 27.1. The number of hydrogen-bond donors (Lipinski definition) is 0. The van der Waals surface area contributed by atoms with Crippen LogP contribution < -0.4 is 51.4 Å². The molecule has 0 rings (SSSR count). The first-order chi connectivity index (χ1) is 11.9. The molecule has 0 aromatic heterocycles. The summed E-state index contributed by atoms with van der Waals surface area (Å²) in [6.07, 6.45) is 8.07. The predicted molar refractivity (Wildman–Crippen MR) is 103 cm³/mol. The standard InChI is InChI=1S/C19H35N3O2S.K.H/c1-5-9-11-17(7-3)15-22(16-18(8-4)12-10-6-2)25(23,24)19(13-20)14-21;;/h17-19H,5-12,15-16H2,1-4H3;;/q;+1;-1. The van der Waals surface area contributed by atoms with Gasteiger partial charge in [-0.3, -0.25) is 0 Å². The molecule has 0 bridgehead atoms. The number of sulfonamides is 1. The Morgan fingerprint density at radius 2 is 1.27 bits per heavy atom. The van der Waals surface area contributed by atoms with Crippen molar-refractivity contribution in [1.29, 1.82) is 10.5 Å². The van der Waals surface area contributed by atoms with Crippen molar-refractivity contribution in [3.63, 3.8) is 0 Å². The first-order valence-corrected chi connectivity index (χ1v) is 11.2. The van der Waals surface area contributed by atoms with Crippen LogP contribution in [0.2, 0.25) is 0 Å². The first kappa shape index (κ1) is 28.7. The Morgan fingerprint density at radius 1 is 0.885 bits per heavy atom. The molecule has 0 spiro atoms. The van der Waals surface area contributed by atoms with Gasteiger partial charge in [0.25, 0.3) is 0 Å². The van der Waals surface area contributed by atoms with Gasteiger partial charge in [0.05, 0.1) is 12.1 Å². The van der Waals surface area contributed by atoms with E-state index in [4.69, 9.17) is 10.5 Å². The Kier molecular flexibility index (Phi) is 18.2. The molecule has 0 saturated carbocycles. The first-order valence-electron chi connectivity index (χ1n) is 9.69. The molecule has 0 aromatic carbocycles. The van der Waals surface area contributed by atoms with Crippen molar-refractivity contribution in [2.45, 2.75) is 84.3 Å². The monoisotopic (exact) mass is 409 g/mol. The number of unbranched alkanes of at least 4 members (excludes halogenated alkanes) is 2. The van der Waals surface area contributed by atoms with Crippen LogP contribution >= 0.6 is 0 Å². The maximum Gasteiger partial charge on any atom is 1.00 e. The van der Waals surface area contributed by atoms with E-state index in [1.807, 2.05) is 0 Å². The van der Waals surface area contributed by atoms with Gasteiger partial charge >= 0.3 is 51.4 Å². The van der Waals surface area contributed by atoms with Gasteiger partial charge in [0, 0.05) is 13.1 Å². The molecule has 0 aliphatic rings. The van der Waals surface area contributed by atoms with E-state index in [2.05, 4.69) is 27.7 Å². The van der Waals surface area contributed by atoms with Crippen LogP contribution in [0.25, 0.3) is 0 Å². The fourth-order valence-electron chi connectivity index (χ4n) is 3.00. The number of rotatable bonds is 14. The number of nitriles is 2. The molecule has 0 N–H and O–H groups in total. The van der Waals surface area contributed by atoms with Gasteiger partial charge in [-0.05, 0) is 24.7 Å². The molecule has 2 atom stereocenters. The van der Waals surface area contributed by atoms with E-state index >= 15 is 0 Å². The second kappa shape index (κ2) is 16.5. The molecule has 0 aliphatic heterocycles. The molecule has 2 unspecified atom stereocenters. The van der Waals surface area contributed by atoms with Gasteiger partial charge in [-0.15, -0.1) is 0 Å². The van der Waals surface area contributed by atoms with Crippen LogP contribution in [0, 0.1) is 34.5 Å². The smallest absolute Gasteiger partial charge is 1.00 e. The number of nitrogens with zero attached hydrogens (tertiary/aromatic N) is 3. The van der Waals surface area contributed by atoms with Crippen LogP contribution in [0.1, 0.15) is 80.5 Å². The molecule has 0 heterocycles. The molecular formula is C19H36KN3O2S. The summed E-state index contributed by atoms with van der Waals surface area (Å²) in [6, 6.07) is 3.30. The average molecular weight is 410 g/mol. The molecule has 0 saturated heterocycles. The summed E-state index contributed by atoms with van der Waals surface area (Å²) in [6.45, 7) is 9.24. The third kappa shape index (κ3) is 10.2. The Hall–Kier alpha value is 0.526. The minimum Gasteiger partial charge on any atom is -1.00 e. The van der Waals surface area contributed by atoms with Crippen molar-refractivity contribution in [3.05, 3.63) is 0 Å². The number of hydrogen-bond acceptors (Lipinski definition) is 4. The van der Waals surface area contributed by atoms with Crippen molar-refractivity contribution >= 4 is 10.0 Å². The molecule has 0 radical (unpaired) electrons. The minimum atomic E-state index is -3.91. The zero-order chi connectivity index (χ0) is 19.3. The molecule has 0 aliphatic carbocycles. The minimum absolute atomic E-state index is 0. The molecule has 0 amide bonds. The van der Waals surface area contributed by atoms with E-state index in [1.54, 1.807) is 12.1 Å². The van der Waals surface area contributed by atoms with Crippen LogP contribution in [0.3, 0.4) is 0 Å². The van der Waals surface area contributed by atoms with Crippen molar-refractivity contribution in [2.75, 3.05) is 13.1 Å². The molecule has 0 fully saturated rings. The molecule has 5 nitrogen and oxygen atoms in total. The van der Waals surface area contributed by atoms with Crippen molar-refractivity contribution < 1.29 is 61.2 Å². The zero-order valence-electron chi connectivity index (χ0n) is 18.4. The Bertz CT molecular complexity index is 514. The van der Waals surface area contributed by atoms with Crippen molar-refractivity contribution in [2.24, 2.45) is 11.8 Å².